The number of methoxy groups -OCH3 is 1. The van der Waals surface area contributed by atoms with Gasteiger partial charge in [-0.25, -0.2) is 4.79 Å². The summed E-state index contributed by atoms with van der Waals surface area (Å²) in [6.07, 6.45) is 4.28. The molecular weight excluding hydrogens is 324 g/mol. The number of fused-ring (bicyclic) bond motifs is 1. The molecule has 0 N–H and O–H groups in total. The molecule has 7 heteroatoms. The number of esters is 1. The van der Waals surface area contributed by atoms with Crippen molar-refractivity contribution in [1.82, 2.24) is 4.90 Å². The Balaban J connectivity index is 1.79. The van der Waals surface area contributed by atoms with E-state index in [1.807, 2.05) is 4.90 Å². The summed E-state index contributed by atoms with van der Waals surface area (Å²) < 4.78 is 10.1. The number of ether oxygens (including phenoxy) is 2. The van der Waals surface area contributed by atoms with Gasteiger partial charge in [-0.05, 0) is 31.0 Å². The van der Waals surface area contributed by atoms with Crippen molar-refractivity contribution in [2.45, 2.75) is 25.7 Å². The molecule has 3 rings (SSSR count). The summed E-state index contributed by atoms with van der Waals surface area (Å²) in [6, 6.07) is 4.72. The zero-order valence-electron chi connectivity index (χ0n) is 14.3. The van der Waals surface area contributed by atoms with Crippen LogP contribution in [0.4, 0.5) is 5.69 Å². The zero-order chi connectivity index (χ0) is 17.8. The summed E-state index contributed by atoms with van der Waals surface area (Å²) in [7, 11) is 1.30. The Morgan fingerprint density at radius 1 is 1.16 bits per heavy atom. The van der Waals surface area contributed by atoms with Crippen molar-refractivity contribution in [3.8, 4) is 5.75 Å². The quantitative estimate of drug-likeness (QED) is 0.777. The molecule has 1 aromatic carbocycles. The standard InChI is InChI=1S/C18H22N2O5/c1-24-18(23)13-6-7-14-15(10-13)25-12-17(22)20(14)11-16(21)19-8-4-2-3-5-9-19/h6-7,10H,2-5,8-9,11-12H2,1H3. The minimum absolute atomic E-state index is 0.00718. The van der Waals surface area contributed by atoms with Crippen LogP contribution in [0, 0.1) is 0 Å². The Labute approximate surface area is 146 Å². The fourth-order valence-corrected chi connectivity index (χ4v) is 3.18. The van der Waals surface area contributed by atoms with Crippen molar-refractivity contribution in [2.24, 2.45) is 0 Å². The van der Waals surface area contributed by atoms with Crippen molar-refractivity contribution in [3.63, 3.8) is 0 Å². The topological polar surface area (TPSA) is 76.1 Å². The van der Waals surface area contributed by atoms with Crippen molar-refractivity contribution in [3.05, 3.63) is 23.8 Å². The number of hydrogen-bond donors (Lipinski definition) is 0. The number of anilines is 1. The Bertz CT molecular complexity index is 680. The molecule has 0 atom stereocenters. The first-order valence-corrected chi connectivity index (χ1v) is 8.53. The molecule has 1 fully saturated rings. The highest BCUT2D eigenvalue weighted by atomic mass is 16.5. The summed E-state index contributed by atoms with van der Waals surface area (Å²) >= 11 is 0. The van der Waals surface area contributed by atoms with Gasteiger partial charge in [0, 0.05) is 13.1 Å². The summed E-state index contributed by atoms with van der Waals surface area (Å²) in [5, 5.41) is 0. The number of carbonyl (C=O) groups is 3. The van der Waals surface area contributed by atoms with Gasteiger partial charge >= 0.3 is 5.97 Å². The number of likely N-dealkylation sites (tertiary alicyclic amines) is 1. The van der Waals surface area contributed by atoms with E-state index >= 15 is 0 Å². The fraction of sp³-hybridized carbons (Fsp3) is 0.500. The van der Waals surface area contributed by atoms with Gasteiger partial charge in [-0.2, -0.15) is 0 Å². The first kappa shape index (κ1) is 17.3. The van der Waals surface area contributed by atoms with E-state index in [0.717, 1.165) is 38.8 Å². The Kier molecular flexibility index (Phi) is 5.21. The third-order valence-electron chi connectivity index (χ3n) is 4.58. The van der Waals surface area contributed by atoms with Crippen LogP contribution in [0.5, 0.6) is 5.75 Å². The third kappa shape index (κ3) is 3.75. The number of amides is 2. The van der Waals surface area contributed by atoms with Gasteiger partial charge in [0.05, 0.1) is 18.4 Å². The Morgan fingerprint density at radius 2 is 1.88 bits per heavy atom. The van der Waals surface area contributed by atoms with E-state index < -0.39 is 5.97 Å². The molecule has 0 spiro atoms. The molecule has 25 heavy (non-hydrogen) atoms. The molecule has 7 nitrogen and oxygen atoms in total. The van der Waals surface area contributed by atoms with E-state index in [9.17, 15) is 14.4 Å². The van der Waals surface area contributed by atoms with Crippen LogP contribution in [-0.4, -0.2) is 56.0 Å². The normalized spacial score (nSPS) is 17.4. The average molecular weight is 346 g/mol. The van der Waals surface area contributed by atoms with Crippen molar-refractivity contribution >= 4 is 23.5 Å². The monoisotopic (exact) mass is 346 g/mol. The van der Waals surface area contributed by atoms with Gasteiger partial charge in [-0.15, -0.1) is 0 Å². The lowest BCUT2D eigenvalue weighted by atomic mass is 10.1. The molecule has 0 bridgehead atoms. The molecule has 2 aliphatic rings. The van der Waals surface area contributed by atoms with Crippen molar-refractivity contribution in [2.75, 3.05) is 38.3 Å². The van der Waals surface area contributed by atoms with Crippen LogP contribution < -0.4 is 9.64 Å². The number of rotatable bonds is 3. The molecule has 2 heterocycles. The summed E-state index contributed by atoms with van der Waals surface area (Å²) in [4.78, 5) is 39.8. The van der Waals surface area contributed by atoms with Gasteiger partial charge in [0.2, 0.25) is 5.91 Å². The number of benzene rings is 1. The van der Waals surface area contributed by atoms with E-state index in [-0.39, 0.29) is 25.0 Å². The highest BCUT2D eigenvalue weighted by Gasteiger charge is 2.29. The fourth-order valence-electron chi connectivity index (χ4n) is 3.18. The van der Waals surface area contributed by atoms with Gasteiger partial charge in [0.25, 0.3) is 5.91 Å². The van der Waals surface area contributed by atoms with E-state index in [1.54, 1.807) is 12.1 Å². The minimum Gasteiger partial charge on any atom is -0.482 e. The maximum atomic E-state index is 12.6. The second-order valence-corrected chi connectivity index (χ2v) is 6.24. The molecule has 0 unspecified atom stereocenters. The maximum absolute atomic E-state index is 12.6. The Morgan fingerprint density at radius 3 is 2.56 bits per heavy atom. The summed E-state index contributed by atoms with van der Waals surface area (Å²) in [6.45, 7) is 1.33. The van der Waals surface area contributed by atoms with Crippen molar-refractivity contribution in [1.29, 1.82) is 0 Å². The zero-order valence-corrected chi connectivity index (χ0v) is 14.3. The molecular formula is C18H22N2O5. The summed E-state index contributed by atoms with van der Waals surface area (Å²) in [5.41, 5.74) is 0.849. The molecule has 0 aromatic heterocycles. The van der Waals surface area contributed by atoms with Crippen molar-refractivity contribution < 1.29 is 23.9 Å². The van der Waals surface area contributed by atoms with Gasteiger partial charge < -0.3 is 14.4 Å². The molecule has 2 aliphatic heterocycles. The van der Waals surface area contributed by atoms with Gasteiger partial charge in [-0.3, -0.25) is 14.5 Å². The lowest BCUT2D eigenvalue weighted by molar-refractivity contribution is -0.132. The second-order valence-electron chi connectivity index (χ2n) is 6.24. The average Bonchev–Trinajstić information content (AvgIpc) is 2.92. The van der Waals surface area contributed by atoms with E-state index in [2.05, 4.69) is 0 Å². The second kappa shape index (κ2) is 7.55. The highest BCUT2D eigenvalue weighted by Crippen LogP contribution is 2.33. The molecule has 0 saturated carbocycles. The highest BCUT2D eigenvalue weighted by molar-refractivity contribution is 6.03. The largest absolute Gasteiger partial charge is 0.482 e. The molecule has 0 radical (unpaired) electrons. The van der Waals surface area contributed by atoms with E-state index in [1.165, 1.54) is 18.1 Å². The first-order valence-electron chi connectivity index (χ1n) is 8.53. The molecule has 1 saturated heterocycles. The molecule has 0 aliphatic carbocycles. The molecule has 2 amide bonds. The van der Waals surface area contributed by atoms with Crippen LogP contribution in [0.15, 0.2) is 18.2 Å². The smallest absolute Gasteiger partial charge is 0.337 e. The molecule has 134 valence electrons. The SMILES string of the molecule is COC(=O)c1ccc2c(c1)OCC(=O)N2CC(=O)N1CCCCCC1. The minimum atomic E-state index is -0.476. The van der Waals surface area contributed by atoms with Crippen LogP contribution in [0.1, 0.15) is 36.0 Å². The number of hydrogen-bond acceptors (Lipinski definition) is 5. The van der Waals surface area contributed by atoms with Gasteiger partial charge in [0.1, 0.15) is 12.3 Å². The number of carbonyl (C=O) groups excluding carboxylic acids is 3. The maximum Gasteiger partial charge on any atom is 0.337 e. The van der Waals surface area contributed by atoms with Gasteiger partial charge in [0.15, 0.2) is 6.61 Å². The van der Waals surface area contributed by atoms with Crippen LogP contribution in [-0.2, 0) is 14.3 Å². The predicted octanol–water partition coefficient (Wildman–Crippen LogP) is 1.60. The van der Waals surface area contributed by atoms with Crippen LogP contribution in [0.3, 0.4) is 0 Å². The lowest BCUT2D eigenvalue weighted by Gasteiger charge is -2.31. The van der Waals surface area contributed by atoms with E-state index in [0.29, 0.717) is 17.0 Å². The van der Waals surface area contributed by atoms with Crippen LogP contribution in [0.25, 0.3) is 0 Å². The number of nitrogens with zero attached hydrogens (tertiary/aromatic N) is 2. The van der Waals surface area contributed by atoms with Crippen LogP contribution >= 0.6 is 0 Å². The van der Waals surface area contributed by atoms with Crippen LogP contribution in [0.2, 0.25) is 0 Å². The summed E-state index contributed by atoms with van der Waals surface area (Å²) in [5.74, 6) is -0.386. The van der Waals surface area contributed by atoms with E-state index in [4.69, 9.17) is 9.47 Å². The predicted molar refractivity (Wildman–Crippen MR) is 90.7 cm³/mol. The lowest BCUT2D eigenvalue weighted by Crippen LogP contribution is -2.46. The van der Waals surface area contributed by atoms with Gasteiger partial charge in [-0.1, -0.05) is 12.8 Å². The molecule has 1 aromatic rings. The third-order valence-corrected chi connectivity index (χ3v) is 4.58. The Hall–Kier alpha value is -2.57. The first-order chi connectivity index (χ1) is 12.1.